The van der Waals surface area contributed by atoms with Crippen molar-refractivity contribution < 1.29 is 17.5 Å². The lowest BCUT2D eigenvalue weighted by Gasteiger charge is -2.33. The van der Waals surface area contributed by atoms with Crippen molar-refractivity contribution in [3.63, 3.8) is 0 Å². The van der Waals surface area contributed by atoms with E-state index in [4.69, 9.17) is 0 Å². The van der Waals surface area contributed by atoms with Crippen molar-refractivity contribution in [2.24, 2.45) is 0 Å². The first-order valence-electron chi connectivity index (χ1n) is 8.13. The van der Waals surface area contributed by atoms with E-state index in [1.54, 1.807) is 52.0 Å². The van der Waals surface area contributed by atoms with Crippen molar-refractivity contribution in [2.75, 3.05) is 0 Å². The summed E-state index contributed by atoms with van der Waals surface area (Å²) >= 11 is 0. The highest BCUT2D eigenvalue weighted by Crippen LogP contribution is 2.43. The molecule has 2 aromatic rings. The van der Waals surface area contributed by atoms with Gasteiger partial charge < -0.3 is 17.6 Å². The monoisotopic (exact) mass is 343 g/mol. The van der Waals surface area contributed by atoms with Crippen LogP contribution in [0.2, 0.25) is 0 Å². The average Bonchev–Trinajstić information content (AvgIpc) is 2.97. The largest absolute Gasteiger partial charge is 0.737 e. The van der Waals surface area contributed by atoms with Gasteiger partial charge in [0.1, 0.15) is 5.71 Å². The van der Waals surface area contributed by atoms with Gasteiger partial charge in [0.25, 0.3) is 0 Å². The minimum absolute atomic E-state index is 0.358. The van der Waals surface area contributed by atoms with Gasteiger partial charge in [0.05, 0.1) is 11.3 Å². The normalized spacial score (nSPS) is 18.4. The molecule has 0 bridgehead atoms. The number of pyridine rings is 1. The third-order valence-corrected chi connectivity index (χ3v) is 4.91. The number of hydrogen-bond donors (Lipinski definition) is 0. The molecule has 0 unspecified atom stereocenters. The molecule has 2 aliphatic heterocycles. The quantitative estimate of drug-likeness (QED) is 0.565. The number of aromatic nitrogens is 2. The van der Waals surface area contributed by atoms with Gasteiger partial charge in [-0.15, -0.1) is 0 Å². The van der Waals surface area contributed by atoms with Gasteiger partial charge in [0, 0.05) is 24.3 Å². The van der Waals surface area contributed by atoms with Gasteiger partial charge >= 0.3 is 6.97 Å². The highest BCUT2D eigenvalue weighted by molar-refractivity contribution is 6.58. The van der Waals surface area contributed by atoms with Crippen molar-refractivity contribution in [3.8, 4) is 0 Å². The van der Waals surface area contributed by atoms with Gasteiger partial charge in [0.2, 0.25) is 5.95 Å². The molecule has 2 aliphatic rings. The van der Waals surface area contributed by atoms with Crippen LogP contribution in [0.25, 0.3) is 5.57 Å². The third kappa shape index (κ3) is 2.01. The Hall–Kier alpha value is -2.57. The Morgan fingerprint density at radius 3 is 2.52 bits per heavy atom. The predicted octanol–water partition coefficient (Wildman–Crippen LogP) is 4.07. The second kappa shape index (κ2) is 4.97. The molecule has 0 aromatic carbocycles. The van der Waals surface area contributed by atoms with E-state index in [0.29, 0.717) is 34.1 Å². The lowest BCUT2D eigenvalue weighted by molar-refractivity contribution is -0.363. The maximum Gasteiger partial charge on any atom is 0.737 e. The van der Waals surface area contributed by atoms with Crippen molar-refractivity contribution >= 4 is 18.3 Å². The first-order valence-corrected chi connectivity index (χ1v) is 8.13. The molecule has 0 saturated heterocycles. The smallest absolute Gasteiger partial charge is 0.393 e. The zero-order valence-electron chi connectivity index (χ0n) is 14.4. The summed E-state index contributed by atoms with van der Waals surface area (Å²) in [7, 11) is 0. The highest BCUT2D eigenvalue weighted by atomic mass is 19.2. The van der Waals surface area contributed by atoms with Gasteiger partial charge in [-0.3, -0.25) is 0 Å². The Labute approximate surface area is 143 Å². The fourth-order valence-corrected chi connectivity index (χ4v) is 4.09. The van der Waals surface area contributed by atoms with Gasteiger partial charge in [0.15, 0.2) is 5.70 Å². The Bertz CT molecular complexity index is 1030. The molecular formula is C18H17BF3N3. The van der Waals surface area contributed by atoms with Crippen LogP contribution in [0.3, 0.4) is 0 Å². The first kappa shape index (κ1) is 15.9. The molecule has 0 atom stereocenters. The number of fused-ring (bicyclic) bond motifs is 2. The standard InChI is InChI=1S/C18H17BF3N3/c1-10-8-12(3)24-17(10)16(14-6-5-7-15(20)23-14)18-11(2)9-13(4)25(18)19(24,21)22/h5-9H,1-4H3. The summed E-state index contributed by atoms with van der Waals surface area (Å²) in [5, 5.41) is 0. The number of nitrogens with zero attached hydrogens (tertiary/aromatic N) is 3. The Morgan fingerprint density at radius 2 is 1.84 bits per heavy atom. The van der Waals surface area contributed by atoms with E-state index in [1.807, 2.05) is 0 Å². The lowest BCUT2D eigenvalue weighted by Crippen LogP contribution is -2.51. The van der Waals surface area contributed by atoms with Gasteiger partial charge in [-0.25, -0.2) is 4.98 Å². The molecule has 4 rings (SSSR count). The Balaban J connectivity index is 2.19. The van der Waals surface area contributed by atoms with Crippen LogP contribution in [0.15, 0.2) is 41.6 Å². The summed E-state index contributed by atoms with van der Waals surface area (Å²) in [6, 6.07) is 6.20. The van der Waals surface area contributed by atoms with E-state index >= 15 is 8.63 Å². The Morgan fingerprint density at radius 1 is 1.12 bits per heavy atom. The third-order valence-electron chi connectivity index (χ3n) is 4.91. The van der Waals surface area contributed by atoms with E-state index in [2.05, 4.69) is 4.98 Å². The number of aryl methyl sites for hydroxylation is 2. The molecule has 25 heavy (non-hydrogen) atoms. The number of hydrogen-bond acceptors (Lipinski definition) is 1. The molecule has 0 fully saturated rings. The van der Waals surface area contributed by atoms with Crippen molar-refractivity contribution in [3.05, 3.63) is 70.2 Å². The summed E-state index contributed by atoms with van der Waals surface area (Å²) < 4.78 is 46.7. The van der Waals surface area contributed by atoms with Crippen LogP contribution in [0.1, 0.15) is 36.5 Å². The van der Waals surface area contributed by atoms with Crippen molar-refractivity contribution in [1.29, 1.82) is 0 Å². The second-order valence-electron chi connectivity index (χ2n) is 6.68. The van der Waals surface area contributed by atoms with E-state index in [0.717, 1.165) is 20.1 Å². The maximum absolute atomic E-state index is 15.4. The minimum atomic E-state index is -4.02. The van der Waals surface area contributed by atoms with Crippen LogP contribution in [0.5, 0.6) is 0 Å². The summed E-state index contributed by atoms with van der Waals surface area (Å²) in [6.45, 7) is 2.91. The predicted molar refractivity (Wildman–Crippen MR) is 92.2 cm³/mol. The molecule has 2 aromatic heterocycles. The highest BCUT2D eigenvalue weighted by Gasteiger charge is 2.55. The average molecular weight is 343 g/mol. The van der Waals surface area contributed by atoms with Crippen LogP contribution in [-0.4, -0.2) is 26.6 Å². The van der Waals surface area contributed by atoms with Crippen molar-refractivity contribution in [1.82, 2.24) is 9.46 Å². The van der Waals surface area contributed by atoms with Crippen LogP contribution in [0, 0.1) is 19.8 Å². The summed E-state index contributed by atoms with van der Waals surface area (Å²) in [5.41, 5.74) is 4.13. The van der Waals surface area contributed by atoms with E-state index < -0.39 is 12.9 Å². The number of halogens is 3. The van der Waals surface area contributed by atoms with E-state index in [-0.39, 0.29) is 0 Å². The molecule has 4 heterocycles. The number of rotatable bonds is 1. The summed E-state index contributed by atoms with van der Waals surface area (Å²) in [6.07, 6.45) is 1.74. The molecule has 0 saturated carbocycles. The second-order valence-corrected chi connectivity index (χ2v) is 6.68. The zero-order valence-corrected chi connectivity index (χ0v) is 14.4. The minimum Gasteiger partial charge on any atom is -0.393 e. The first-order chi connectivity index (χ1) is 11.7. The van der Waals surface area contributed by atoms with Gasteiger partial charge in [-0.1, -0.05) is 6.07 Å². The molecule has 0 N–H and O–H groups in total. The maximum atomic E-state index is 15.4. The molecule has 128 valence electrons. The van der Waals surface area contributed by atoms with Crippen LogP contribution >= 0.6 is 0 Å². The zero-order chi connectivity index (χ0) is 18.1. The van der Waals surface area contributed by atoms with Gasteiger partial charge in [-0.05, 0) is 50.2 Å². The fourth-order valence-electron chi connectivity index (χ4n) is 4.09. The fraction of sp³-hybridized carbons (Fsp3) is 0.222. The SMILES string of the molecule is CC1=CC(C)=[N+]2C1=C(c1cccc(F)n1)c1c(C)cc(C)n1[B-]2(F)F. The van der Waals surface area contributed by atoms with Crippen LogP contribution < -0.4 is 0 Å². The molecule has 0 amide bonds. The topological polar surface area (TPSA) is 20.8 Å². The summed E-state index contributed by atoms with van der Waals surface area (Å²) in [5.74, 6) is -0.632. The lowest BCUT2D eigenvalue weighted by atomic mass is 9.85. The number of allylic oxidation sites excluding steroid dienone is 2. The van der Waals surface area contributed by atoms with Crippen LogP contribution in [0.4, 0.5) is 13.0 Å². The molecular weight excluding hydrogens is 326 g/mol. The Kier molecular flexibility index (Phi) is 3.17. The van der Waals surface area contributed by atoms with Crippen molar-refractivity contribution in [2.45, 2.75) is 27.7 Å². The van der Waals surface area contributed by atoms with Crippen LogP contribution in [-0.2, 0) is 0 Å². The molecule has 0 aliphatic carbocycles. The van der Waals surface area contributed by atoms with E-state index in [1.165, 1.54) is 6.07 Å². The summed E-state index contributed by atoms with van der Waals surface area (Å²) in [4.78, 5) is 3.97. The molecule has 0 radical (unpaired) electrons. The van der Waals surface area contributed by atoms with Gasteiger partial charge in [-0.2, -0.15) is 4.39 Å². The molecule has 0 spiro atoms. The van der Waals surface area contributed by atoms with E-state index in [9.17, 15) is 4.39 Å². The molecule has 3 nitrogen and oxygen atoms in total. The molecule has 7 heteroatoms.